The summed E-state index contributed by atoms with van der Waals surface area (Å²) in [5.74, 6) is 0.446. The number of nitrogens with zero attached hydrogens (tertiary/aromatic N) is 3. The zero-order chi connectivity index (χ0) is 19.0. The van der Waals surface area contributed by atoms with Gasteiger partial charge in [-0.3, -0.25) is 4.40 Å². The number of halogens is 3. The second kappa shape index (κ2) is 6.31. The molecule has 0 saturated heterocycles. The van der Waals surface area contributed by atoms with Gasteiger partial charge in [-0.05, 0) is 30.3 Å². The third kappa shape index (κ3) is 3.29. The second-order valence-corrected chi connectivity index (χ2v) is 5.87. The van der Waals surface area contributed by atoms with Gasteiger partial charge in [0, 0.05) is 23.6 Å². The van der Waals surface area contributed by atoms with E-state index < -0.39 is 11.7 Å². The normalized spacial score (nSPS) is 11.7. The summed E-state index contributed by atoms with van der Waals surface area (Å²) in [5, 5.41) is 12.6. The van der Waals surface area contributed by atoms with Gasteiger partial charge < -0.3 is 10.4 Å². The van der Waals surface area contributed by atoms with Crippen molar-refractivity contribution in [1.82, 2.24) is 14.4 Å². The first-order chi connectivity index (χ1) is 12.9. The van der Waals surface area contributed by atoms with E-state index in [2.05, 4.69) is 15.3 Å². The number of aromatic nitrogens is 3. The van der Waals surface area contributed by atoms with Gasteiger partial charge in [0.1, 0.15) is 5.75 Å². The number of phenols is 1. The lowest BCUT2D eigenvalue weighted by Crippen LogP contribution is -2.05. The van der Waals surface area contributed by atoms with E-state index in [0.29, 0.717) is 11.5 Å². The number of anilines is 2. The summed E-state index contributed by atoms with van der Waals surface area (Å²) in [4.78, 5) is 8.52. The van der Waals surface area contributed by atoms with Gasteiger partial charge in [0.05, 0.1) is 17.5 Å². The predicted molar refractivity (Wildman–Crippen MR) is 94.8 cm³/mol. The van der Waals surface area contributed by atoms with Crippen molar-refractivity contribution in [3.8, 4) is 17.0 Å². The Hall–Kier alpha value is -3.55. The molecule has 2 N–H and O–H groups in total. The van der Waals surface area contributed by atoms with Crippen molar-refractivity contribution >= 4 is 17.2 Å². The smallest absolute Gasteiger partial charge is 0.416 e. The first-order valence-corrected chi connectivity index (χ1v) is 7.97. The average Bonchev–Trinajstić information content (AvgIpc) is 3.06. The van der Waals surface area contributed by atoms with E-state index in [4.69, 9.17) is 0 Å². The minimum absolute atomic E-state index is 0.124. The number of imidazole rings is 1. The van der Waals surface area contributed by atoms with Crippen LogP contribution in [-0.2, 0) is 6.18 Å². The van der Waals surface area contributed by atoms with Crippen LogP contribution >= 0.6 is 0 Å². The number of alkyl halides is 3. The number of benzene rings is 2. The molecule has 2 heterocycles. The summed E-state index contributed by atoms with van der Waals surface area (Å²) in [7, 11) is 0. The van der Waals surface area contributed by atoms with E-state index in [1.807, 2.05) is 6.07 Å². The summed E-state index contributed by atoms with van der Waals surface area (Å²) >= 11 is 0. The second-order valence-electron chi connectivity index (χ2n) is 5.87. The lowest BCUT2D eigenvalue weighted by atomic mass is 10.1. The maximum atomic E-state index is 12.9. The van der Waals surface area contributed by atoms with Crippen LogP contribution in [-0.4, -0.2) is 19.5 Å². The van der Waals surface area contributed by atoms with E-state index in [-0.39, 0.29) is 11.4 Å². The molecule has 0 radical (unpaired) electrons. The quantitative estimate of drug-likeness (QED) is 0.540. The van der Waals surface area contributed by atoms with Crippen molar-refractivity contribution in [1.29, 1.82) is 0 Å². The standard InChI is InChI=1S/C19H13F3N4O/c20-19(21,22)13-4-2-5-14(10-13)25-17-18-24-11-16(26(18)8-7-23-17)12-3-1-6-15(27)9-12/h1-11,27H,(H,23,25). The van der Waals surface area contributed by atoms with Crippen molar-refractivity contribution < 1.29 is 18.3 Å². The number of rotatable bonds is 3. The van der Waals surface area contributed by atoms with Crippen molar-refractivity contribution in [3.05, 3.63) is 72.7 Å². The Morgan fingerprint density at radius 1 is 1.00 bits per heavy atom. The van der Waals surface area contributed by atoms with E-state index in [1.165, 1.54) is 18.3 Å². The molecule has 4 rings (SSSR count). The summed E-state index contributed by atoms with van der Waals surface area (Å²) in [6.45, 7) is 0. The molecule has 0 aliphatic rings. The Morgan fingerprint density at radius 3 is 2.59 bits per heavy atom. The molecule has 27 heavy (non-hydrogen) atoms. The molecule has 0 aliphatic carbocycles. The fraction of sp³-hybridized carbons (Fsp3) is 0.0526. The van der Waals surface area contributed by atoms with Crippen LogP contribution in [0.25, 0.3) is 16.9 Å². The molecule has 2 aromatic carbocycles. The Kier molecular flexibility index (Phi) is 3.95. The number of aromatic hydroxyl groups is 1. The zero-order valence-electron chi connectivity index (χ0n) is 13.8. The maximum absolute atomic E-state index is 12.9. The molecule has 136 valence electrons. The fourth-order valence-corrected chi connectivity index (χ4v) is 2.80. The minimum atomic E-state index is -4.42. The molecule has 2 aromatic heterocycles. The molecule has 0 saturated carbocycles. The van der Waals surface area contributed by atoms with E-state index in [9.17, 15) is 18.3 Å². The Bertz CT molecular complexity index is 1120. The summed E-state index contributed by atoms with van der Waals surface area (Å²) in [6.07, 6.45) is 0.409. The van der Waals surface area contributed by atoms with Crippen LogP contribution in [0.5, 0.6) is 5.75 Å². The van der Waals surface area contributed by atoms with Crippen LogP contribution in [0, 0.1) is 0 Å². The maximum Gasteiger partial charge on any atom is 0.416 e. The van der Waals surface area contributed by atoms with Gasteiger partial charge in [0.2, 0.25) is 0 Å². The Balaban J connectivity index is 1.74. The van der Waals surface area contributed by atoms with Crippen LogP contribution in [0.4, 0.5) is 24.7 Å². The highest BCUT2D eigenvalue weighted by molar-refractivity contribution is 5.74. The van der Waals surface area contributed by atoms with Gasteiger partial charge in [0.25, 0.3) is 0 Å². The highest BCUT2D eigenvalue weighted by atomic mass is 19.4. The van der Waals surface area contributed by atoms with Crippen LogP contribution in [0.2, 0.25) is 0 Å². The van der Waals surface area contributed by atoms with Crippen molar-refractivity contribution in [2.75, 3.05) is 5.32 Å². The van der Waals surface area contributed by atoms with Gasteiger partial charge in [0.15, 0.2) is 11.5 Å². The largest absolute Gasteiger partial charge is 0.508 e. The van der Waals surface area contributed by atoms with Crippen LogP contribution in [0.3, 0.4) is 0 Å². The number of fused-ring (bicyclic) bond motifs is 1. The Labute approximate surface area is 151 Å². The Morgan fingerprint density at radius 2 is 1.81 bits per heavy atom. The first-order valence-electron chi connectivity index (χ1n) is 7.97. The van der Waals surface area contributed by atoms with Crippen LogP contribution < -0.4 is 5.32 Å². The minimum Gasteiger partial charge on any atom is -0.508 e. The van der Waals surface area contributed by atoms with Crippen LogP contribution in [0.1, 0.15) is 5.56 Å². The van der Waals surface area contributed by atoms with Crippen LogP contribution in [0.15, 0.2) is 67.1 Å². The average molecular weight is 370 g/mol. The molecule has 0 unspecified atom stereocenters. The molecular weight excluding hydrogens is 357 g/mol. The molecule has 0 fully saturated rings. The molecule has 8 heteroatoms. The summed E-state index contributed by atoms with van der Waals surface area (Å²) in [6, 6.07) is 11.6. The van der Waals surface area contributed by atoms with Gasteiger partial charge in [-0.2, -0.15) is 13.2 Å². The van der Waals surface area contributed by atoms with E-state index >= 15 is 0 Å². The molecule has 0 spiro atoms. The summed E-state index contributed by atoms with van der Waals surface area (Å²) < 4.78 is 40.5. The molecule has 0 amide bonds. The molecule has 0 bridgehead atoms. The highest BCUT2D eigenvalue weighted by Gasteiger charge is 2.30. The highest BCUT2D eigenvalue weighted by Crippen LogP contribution is 2.32. The SMILES string of the molecule is Oc1cccc(-c2cnc3c(Nc4cccc(C(F)(F)F)c4)nccn23)c1. The number of nitrogens with one attached hydrogen (secondary N) is 1. The topological polar surface area (TPSA) is 62.5 Å². The number of phenolic OH excluding ortho intramolecular Hbond substituents is 1. The number of hydrogen-bond acceptors (Lipinski definition) is 4. The lowest BCUT2D eigenvalue weighted by Gasteiger charge is -2.11. The van der Waals surface area contributed by atoms with E-state index in [0.717, 1.165) is 23.4 Å². The molecule has 0 aliphatic heterocycles. The first kappa shape index (κ1) is 16.9. The monoisotopic (exact) mass is 370 g/mol. The van der Waals surface area contributed by atoms with Crippen molar-refractivity contribution in [2.24, 2.45) is 0 Å². The van der Waals surface area contributed by atoms with E-state index in [1.54, 1.807) is 35.0 Å². The van der Waals surface area contributed by atoms with Gasteiger partial charge in [-0.15, -0.1) is 0 Å². The number of hydrogen-bond donors (Lipinski definition) is 2. The van der Waals surface area contributed by atoms with Crippen molar-refractivity contribution in [3.63, 3.8) is 0 Å². The van der Waals surface area contributed by atoms with Gasteiger partial charge >= 0.3 is 6.18 Å². The molecule has 0 atom stereocenters. The molecular formula is C19H13F3N4O. The fourth-order valence-electron chi connectivity index (χ4n) is 2.80. The molecule has 4 aromatic rings. The van der Waals surface area contributed by atoms with Gasteiger partial charge in [-0.1, -0.05) is 18.2 Å². The van der Waals surface area contributed by atoms with Gasteiger partial charge in [-0.25, -0.2) is 9.97 Å². The lowest BCUT2D eigenvalue weighted by molar-refractivity contribution is -0.137. The zero-order valence-corrected chi connectivity index (χ0v) is 13.8. The summed E-state index contributed by atoms with van der Waals surface area (Å²) in [5.41, 5.74) is 1.43. The predicted octanol–water partition coefficient (Wildman–Crippen LogP) is 4.86. The van der Waals surface area contributed by atoms with Crippen molar-refractivity contribution in [2.45, 2.75) is 6.18 Å². The third-order valence-corrected chi connectivity index (χ3v) is 4.02. The molecule has 5 nitrogen and oxygen atoms in total. The third-order valence-electron chi connectivity index (χ3n) is 4.02.